The number of nitrogens with one attached hydrogen (secondary N) is 1. The number of halogens is 1. The second kappa shape index (κ2) is 6.11. The number of benzene rings is 1. The van der Waals surface area contributed by atoms with Gasteiger partial charge in [-0.15, -0.1) is 0 Å². The number of aryl methyl sites for hydroxylation is 2. The summed E-state index contributed by atoms with van der Waals surface area (Å²) in [5.74, 6) is 0. The van der Waals surface area contributed by atoms with Crippen molar-refractivity contribution in [2.24, 2.45) is 0 Å². The number of ether oxygens (including phenoxy) is 1. The van der Waals surface area contributed by atoms with Gasteiger partial charge in [0.1, 0.15) is 0 Å². The molecule has 0 amide bonds. The Morgan fingerprint density at radius 3 is 2.59 bits per heavy atom. The van der Waals surface area contributed by atoms with Crippen molar-refractivity contribution in [3.05, 3.63) is 64.1 Å². The molecule has 1 aromatic carbocycles. The summed E-state index contributed by atoms with van der Waals surface area (Å²) in [5, 5.41) is 1.96. The first-order valence-corrected chi connectivity index (χ1v) is 7.69. The molecule has 0 fully saturated rings. The smallest absolute Gasteiger partial charge is 0.0877 e. The van der Waals surface area contributed by atoms with Gasteiger partial charge in [-0.2, -0.15) is 0 Å². The van der Waals surface area contributed by atoms with Crippen LogP contribution in [0.5, 0.6) is 0 Å². The van der Waals surface area contributed by atoms with E-state index in [1.54, 1.807) is 7.11 Å². The number of aromatic amines is 1. The Bertz CT molecular complexity index is 793. The average Bonchev–Trinajstić information content (AvgIpc) is 2.82. The minimum Gasteiger partial charge on any atom is -0.376 e. The fourth-order valence-electron chi connectivity index (χ4n) is 2.79. The summed E-state index contributed by atoms with van der Waals surface area (Å²) in [6, 6.07) is 9.84. The molecule has 0 bridgehead atoms. The molecule has 1 N–H and O–H groups in total. The van der Waals surface area contributed by atoms with Crippen LogP contribution in [-0.4, -0.2) is 17.1 Å². The van der Waals surface area contributed by atoms with Crippen LogP contribution in [0.2, 0.25) is 5.02 Å². The van der Waals surface area contributed by atoms with Crippen molar-refractivity contribution in [1.82, 2.24) is 9.97 Å². The van der Waals surface area contributed by atoms with Crippen LogP contribution in [0.15, 0.2) is 36.5 Å². The second-order valence-electron chi connectivity index (χ2n) is 5.54. The van der Waals surface area contributed by atoms with Gasteiger partial charge in [0.2, 0.25) is 0 Å². The minimum absolute atomic E-state index is 0.0423. The van der Waals surface area contributed by atoms with E-state index in [0.29, 0.717) is 0 Å². The zero-order valence-electron chi connectivity index (χ0n) is 13.0. The van der Waals surface area contributed by atoms with Crippen molar-refractivity contribution in [1.29, 1.82) is 0 Å². The van der Waals surface area contributed by atoms with Crippen LogP contribution in [-0.2, 0) is 11.2 Å². The lowest BCUT2D eigenvalue weighted by molar-refractivity contribution is 0.103. The summed E-state index contributed by atoms with van der Waals surface area (Å²) in [5.41, 5.74) is 5.69. The largest absolute Gasteiger partial charge is 0.376 e. The van der Waals surface area contributed by atoms with Crippen molar-refractivity contribution in [2.45, 2.75) is 26.4 Å². The summed E-state index contributed by atoms with van der Waals surface area (Å²) < 4.78 is 5.67. The second-order valence-corrected chi connectivity index (χ2v) is 5.97. The molecule has 1 unspecified atom stereocenters. The maximum atomic E-state index is 5.96. The number of aromatic nitrogens is 2. The molecule has 0 aliphatic rings. The van der Waals surface area contributed by atoms with Gasteiger partial charge in [0.25, 0.3) is 0 Å². The first-order valence-electron chi connectivity index (χ1n) is 7.31. The Kier molecular flexibility index (Phi) is 4.19. The number of H-pyrrole nitrogens is 1. The highest BCUT2D eigenvalue weighted by atomic mass is 35.5. The van der Waals surface area contributed by atoms with Gasteiger partial charge in [0, 0.05) is 35.8 Å². The van der Waals surface area contributed by atoms with Gasteiger partial charge in [-0.05, 0) is 43.2 Å². The lowest BCUT2D eigenvalue weighted by atomic mass is 10.0. The maximum Gasteiger partial charge on any atom is 0.0877 e. The summed E-state index contributed by atoms with van der Waals surface area (Å²) >= 11 is 5.96. The minimum atomic E-state index is -0.0423. The molecule has 0 saturated carbocycles. The van der Waals surface area contributed by atoms with Crippen molar-refractivity contribution in [3.63, 3.8) is 0 Å². The van der Waals surface area contributed by atoms with Gasteiger partial charge in [-0.1, -0.05) is 23.7 Å². The number of nitrogens with zero attached hydrogens (tertiary/aromatic N) is 1. The van der Waals surface area contributed by atoms with Gasteiger partial charge < -0.3 is 9.72 Å². The van der Waals surface area contributed by atoms with Crippen LogP contribution in [0.3, 0.4) is 0 Å². The average molecular weight is 315 g/mol. The highest BCUT2D eigenvalue weighted by molar-refractivity contribution is 6.30. The van der Waals surface area contributed by atoms with E-state index in [0.717, 1.165) is 28.2 Å². The van der Waals surface area contributed by atoms with Gasteiger partial charge in [-0.25, -0.2) is 0 Å². The predicted octanol–water partition coefficient (Wildman–Crippen LogP) is 4.76. The number of pyridine rings is 1. The Morgan fingerprint density at radius 1 is 1.18 bits per heavy atom. The third kappa shape index (κ3) is 2.74. The van der Waals surface area contributed by atoms with Crippen LogP contribution in [0.1, 0.15) is 28.6 Å². The maximum absolute atomic E-state index is 5.96. The number of hydrogen-bond acceptors (Lipinski definition) is 2. The number of hydrogen-bond donors (Lipinski definition) is 1. The molecular formula is C18H19ClN2O. The SMILES string of the molecule is COC(Cc1nccc2c(C)c(C)[nH]c12)c1ccc(Cl)cc1. The summed E-state index contributed by atoms with van der Waals surface area (Å²) in [7, 11) is 1.73. The molecule has 0 radical (unpaired) electrons. The molecule has 2 heterocycles. The van der Waals surface area contributed by atoms with Crippen LogP contribution in [0, 0.1) is 13.8 Å². The number of methoxy groups -OCH3 is 1. The van der Waals surface area contributed by atoms with Crippen LogP contribution >= 0.6 is 11.6 Å². The lowest BCUT2D eigenvalue weighted by Crippen LogP contribution is -2.07. The van der Waals surface area contributed by atoms with Crippen LogP contribution in [0.25, 0.3) is 10.9 Å². The van der Waals surface area contributed by atoms with Crippen LogP contribution < -0.4 is 0 Å². The molecule has 114 valence electrons. The summed E-state index contributed by atoms with van der Waals surface area (Å²) in [4.78, 5) is 8.00. The quantitative estimate of drug-likeness (QED) is 0.753. The first kappa shape index (κ1) is 15.1. The molecule has 3 rings (SSSR count). The van der Waals surface area contributed by atoms with E-state index < -0.39 is 0 Å². The molecule has 0 aliphatic carbocycles. The highest BCUT2D eigenvalue weighted by Gasteiger charge is 2.16. The molecule has 2 aromatic heterocycles. The van der Waals surface area contributed by atoms with Crippen LogP contribution in [0.4, 0.5) is 0 Å². The third-order valence-electron chi connectivity index (χ3n) is 4.21. The monoisotopic (exact) mass is 314 g/mol. The Morgan fingerprint density at radius 2 is 1.91 bits per heavy atom. The van der Waals surface area contributed by atoms with Crippen molar-refractivity contribution in [3.8, 4) is 0 Å². The topological polar surface area (TPSA) is 37.9 Å². The van der Waals surface area contributed by atoms with E-state index in [9.17, 15) is 0 Å². The Balaban J connectivity index is 1.97. The van der Waals surface area contributed by atoms with Crippen molar-refractivity contribution in [2.75, 3.05) is 7.11 Å². The zero-order valence-corrected chi connectivity index (χ0v) is 13.7. The number of rotatable bonds is 4. The first-order chi connectivity index (χ1) is 10.6. The molecule has 0 aliphatic heterocycles. The molecule has 1 atom stereocenters. The highest BCUT2D eigenvalue weighted by Crippen LogP contribution is 2.28. The van der Waals surface area contributed by atoms with Gasteiger partial charge in [0.05, 0.1) is 17.3 Å². The van der Waals surface area contributed by atoms with Crippen molar-refractivity contribution >= 4 is 22.5 Å². The summed E-state index contributed by atoms with van der Waals surface area (Å²) in [6.45, 7) is 4.22. The molecule has 3 nitrogen and oxygen atoms in total. The summed E-state index contributed by atoms with van der Waals surface area (Å²) in [6.07, 6.45) is 2.54. The van der Waals surface area contributed by atoms with Gasteiger partial charge in [0.15, 0.2) is 0 Å². The van der Waals surface area contributed by atoms with Gasteiger partial charge in [-0.3, -0.25) is 4.98 Å². The molecular weight excluding hydrogens is 296 g/mol. The van der Waals surface area contributed by atoms with Crippen molar-refractivity contribution < 1.29 is 4.74 Å². The standard InChI is InChI=1S/C18H19ClN2O/c1-11-12(2)21-18-15(11)8-9-20-16(18)10-17(22-3)13-4-6-14(19)7-5-13/h4-9,17,21H,10H2,1-3H3. The van der Waals surface area contributed by atoms with E-state index in [1.807, 2.05) is 30.5 Å². The molecule has 3 aromatic rings. The predicted molar refractivity (Wildman–Crippen MR) is 90.5 cm³/mol. The lowest BCUT2D eigenvalue weighted by Gasteiger charge is -2.16. The van der Waals surface area contributed by atoms with E-state index in [2.05, 4.69) is 29.9 Å². The number of fused-ring (bicyclic) bond motifs is 1. The molecule has 0 spiro atoms. The zero-order chi connectivity index (χ0) is 15.7. The fraction of sp³-hybridized carbons (Fsp3) is 0.278. The molecule has 22 heavy (non-hydrogen) atoms. The van der Waals surface area contributed by atoms with E-state index in [-0.39, 0.29) is 6.10 Å². The third-order valence-corrected chi connectivity index (χ3v) is 4.47. The molecule has 0 saturated heterocycles. The molecule has 4 heteroatoms. The Labute approximate surface area is 135 Å². The normalized spacial score (nSPS) is 12.7. The Hall–Kier alpha value is -1.84. The fourth-order valence-corrected chi connectivity index (χ4v) is 2.91. The van der Waals surface area contributed by atoms with E-state index in [1.165, 1.54) is 16.6 Å². The van der Waals surface area contributed by atoms with E-state index in [4.69, 9.17) is 16.3 Å². The van der Waals surface area contributed by atoms with Gasteiger partial charge >= 0.3 is 0 Å². The van der Waals surface area contributed by atoms with E-state index >= 15 is 0 Å².